The Bertz CT molecular complexity index is 233. The largest absolute Gasteiger partial charge is 0.305 e. The lowest BCUT2D eigenvalue weighted by Gasteiger charge is -2.10. The molecule has 1 unspecified atom stereocenters. The SMILES string of the molecule is CCSCCNC1CC(=O)N(C)C1=O. The molecule has 0 aromatic rings. The molecule has 0 saturated carbocycles. The Morgan fingerprint density at radius 3 is 2.79 bits per heavy atom. The molecule has 0 spiro atoms. The quantitative estimate of drug-likeness (QED) is 0.522. The summed E-state index contributed by atoms with van der Waals surface area (Å²) in [5, 5.41) is 3.09. The van der Waals surface area contributed by atoms with Crippen LogP contribution in [0.3, 0.4) is 0 Å². The number of nitrogens with zero attached hydrogens (tertiary/aromatic N) is 1. The van der Waals surface area contributed by atoms with Gasteiger partial charge in [0, 0.05) is 19.3 Å². The summed E-state index contributed by atoms with van der Waals surface area (Å²) in [5.74, 6) is 1.88. The summed E-state index contributed by atoms with van der Waals surface area (Å²) >= 11 is 1.82. The van der Waals surface area contributed by atoms with E-state index in [1.807, 2.05) is 11.8 Å². The smallest absolute Gasteiger partial charge is 0.246 e. The third-order valence-corrected chi connectivity index (χ3v) is 3.12. The van der Waals surface area contributed by atoms with Crippen molar-refractivity contribution < 1.29 is 9.59 Å². The zero-order valence-corrected chi connectivity index (χ0v) is 9.39. The number of hydrogen-bond donors (Lipinski definition) is 1. The molecule has 14 heavy (non-hydrogen) atoms. The first-order valence-corrected chi connectivity index (χ1v) is 5.93. The van der Waals surface area contributed by atoms with Gasteiger partial charge in [-0.15, -0.1) is 0 Å². The van der Waals surface area contributed by atoms with E-state index in [1.165, 1.54) is 11.9 Å². The van der Waals surface area contributed by atoms with Crippen molar-refractivity contribution in [1.29, 1.82) is 0 Å². The molecule has 80 valence electrons. The van der Waals surface area contributed by atoms with Crippen molar-refractivity contribution in [3.8, 4) is 0 Å². The number of imide groups is 1. The van der Waals surface area contributed by atoms with Gasteiger partial charge in [0.2, 0.25) is 11.8 Å². The normalized spacial score (nSPS) is 22.1. The molecule has 0 aromatic heterocycles. The van der Waals surface area contributed by atoms with Gasteiger partial charge < -0.3 is 5.32 Å². The minimum atomic E-state index is -0.287. The maximum Gasteiger partial charge on any atom is 0.246 e. The highest BCUT2D eigenvalue weighted by molar-refractivity contribution is 7.99. The first-order chi connectivity index (χ1) is 6.66. The number of thioether (sulfide) groups is 1. The lowest BCUT2D eigenvalue weighted by molar-refractivity contribution is -0.137. The number of nitrogens with one attached hydrogen (secondary N) is 1. The van der Waals surface area contributed by atoms with Gasteiger partial charge in [-0.3, -0.25) is 14.5 Å². The summed E-state index contributed by atoms with van der Waals surface area (Å²) in [5.41, 5.74) is 0. The van der Waals surface area contributed by atoms with E-state index in [1.54, 1.807) is 0 Å². The van der Waals surface area contributed by atoms with E-state index in [4.69, 9.17) is 0 Å². The molecule has 1 aliphatic heterocycles. The number of carbonyl (C=O) groups is 2. The van der Waals surface area contributed by atoms with Gasteiger partial charge >= 0.3 is 0 Å². The van der Waals surface area contributed by atoms with Gasteiger partial charge in [0.25, 0.3) is 0 Å². The fraction of sp³-hybridized carbons (Fsp3) is 0.778. The van der Waals surface area contributed by atoms with E-state index in [2.05, 4.69) is 12.2 Å². The molecule has 1 saturated heterocycles. The van der Waals surface area contributed by atoms with E-state index in [-0.39, 0.29) is 17.9 Å². The average molecular weight is 216 g/mol. The number of carbonyl (C=O) groups excluding carboxylic acids is 2. The molecule has 0 aliphatic carbocycles. The lowest BCUT2D eigenvalue weighted by atomic mass is 10.2. The summed E-state index contributed by atoms with van der Waals surface area (Å²) in [4.78, 5) is 23.8. The topological polar surface area (TPSA) is 49.4 Å². The molecule has 1 rings (SSSR count). The second-order valence-electron chi connectivity index (χ2n) is 3.20. The van der Waals surface area contributed by atoms with Gasteiger partial charge in [-0.2, -0.15) is 11.8 Å². The van der Waals surface area contributed by atoms with Crippen LogP contribution in [-0.4, -0.2) is 47.9 Å². The van der Waals surface area contributed by atoms with E-state index in [0.29, 0.717) is 6.42 Å². The third kappa shape index (κ3) is 2.72. The lowest BCUT2D eigenvalue weighted by Crippen LogP contribution is -2.38. The third-order valence-electron chi connectivity index (χ3n) is 2.22. The Kier molecular flexibility index (Phi) is 4.41. The minimum Gasteiger partial charge on any atom is -0.305 e. The molecule has 4 nitrogen and oxygen atoms in total. The van der Waals surface area contributed by atoms with Crippen LogP contribution in [0.4, 0.5) is 0 Å². The number of likely N-dealkylation sites (N-methyl/N-ethyl adjacent to an activating group) is 1. The van der Waals surface area contributed by atoms with Gasteiger partial charge in [-0.1, -0.05) is 6.92 Å². The highest BCUT2D eigenvalue weighted by Gasteiger charge is 2.35. The molecule has 0 bridgehead atoms. The molecular weight excluding hydrogens is 200 g/mol. The summed E-state index contributed by atoms with van der Waals surface area (Å²) in [7, 11) is 1.53. The van der Waals surface area contributed by atoms with Crippen molar-refractivity contribution in [2.75, 3.05) is 25.1 Å². The Morgan fingerprint density at radius 2 is 2.29 bits per heavy atom. The van der Waals surface area contributed by atoms with Crippen molar-refractivity contribution in [3.63, 3.8) is 0 Å². The summed E-state index contributed by atoms with van der Waals surface area (Å²) in [6.07, 6.45) is 0.312. The molecule has 1 atom stereocenters. The van der Waals surface area contributed by atoms with Gasteiger partial charge in [0.05, 0.1) is 12.5 Å². The number of likely N-dealkylation sites (tertiary alicyclic amines) is 1. The maximum absolute atomic E-state index is 11.4. The Balaban J connectivity index is 2.26. The van der Waals surface area contributed by atoms with E-state index >= 15 is 0 Å². The maximum atomic E-state index is 11.4. The number of amides is 2. The highest BCUT2D eigenvalue weighted by Crippen LogP contribution is 2.10. The molecule has 1 fully saturated rings. The zero-order chi connectivity index (χ0) is 10.6. The first-order valence-electron chi connectivity index (χ1n) is 4.78. The van der Waals surface area contributed by atoms with Crippen molar-refractivity contribution in [1.82, 2.24) is 10.2 Å². The second-order valence-corrected chi connectivity index (χ2v) is 4.59. The van der Waals surface area contributed by atoms with Crippen LogP contribution in [-0.2, 0) is 9.59 Å². The van der Waals surface area contributed by atoms with Crippen molar-refractivity contribution in [2.24, 2.45) is 0 Å². The predicted molar refractivity (Wildman–Crippen MR) is 57.2 cm³/mol. The van der Waals surface area contributed by atoms with E-state index < -0.39 is 0 Å². The Morgan fingerprint density at radius 1 is 1.57 bits per heavy atom. The monoisotopic (exact) mass is 216 g/mol. The standard InChI is InChI=1S/C9H16N2O2S/c1-3-14-5-4-10-7-6-8(12)11(2)9(7)13/h7,10H,3-6H2,1-2H3. The van der Waals surface area contributed by atoms with Crippen LogP contribution in [0.25, 0.3) is 0 Å². The fourth-order valence-electron chi connectivity index (χ4n) is 1.36. The summed E-state index contributed by atoms with van der Waals surface area (Å²) in [6.45, 7) is 2.89. The van der Waals surface area contributed by atoms with E-state index in [0.717, 1.165) is 18.1 Å². The molecule has 1 heterocycles. The van der Waals surface area contributed by atoms with Crippen LogP contribution >= 0.6 is 11.8 Å². The van der Waals surface area contributed by atoms with Crippen molar-refractivity contribution in [3.05, 3.63) is 0 Å². The molecule has 1 N–H and O–H groups in total. The van der Waals surface area contributed by atoms with E-state index in [9.17, 15) is 9.59 Å². The molecule has 2 amide bonds. The molecular formula is C9H16N2O2S. The number of rotatable bonds is 5. The zero-order valence-electron chi connectivity index (χ0n) is 8.58. The molecule has 0 aromatic carbocycles. The Labute approximate surface area is 88.4 Å². The molecule has 1 aliphatic rings. The highest BCUT2D eigenvalue weighted by atomic mass is 32.2. The molecule has 5 heteroatoms. The second kappa shape index (κ2) is 5.36. The first kappa shape index (κ1) is 11.5. The molecule has 0 radical (unpaired) electrons. The van der Waals surface area contributed by atoms with Gasteiger partial charge in [0.15, 0.2) is 0 Å². The van der Waals surface area contributed by atoms with Gasteiger partial charge in [-0.25, -0.2) is 0 Å². The minimum absolute atomic E-state index is 0.0874. The van der Waals surface area contributed by atoms with Crippen molar-refractivity contribution >= 4 is 23.6 Å². The van der Waals surface area contributed by atoms with Crippen molar-refractivity contribution in [2.45, 2.75) is 19.4 Å². The van der Waals surface area contributed by atoms with Crippen LogP contribution in [0.5, 0.6) is 0 Å². The number of hydrogen-bond acceptors (Lipinski definition) is 4. The average Bonchev–Trinajstić information content (AvgIpc) is 2.41. The predicted octanol–water partition coefficient (Wildman–Crippen LogP) is 0.0864. The van der Waals surface area contributed by atoms with Crippen LogP contribution < -0.4 is 5.32 Å². The van der Waals surface area contributed by atoms with Gasteiger partial charge in [-0.05, 0) is 5.75 Å². The summed E-state index contributed by atoms with van der Waals surface area (Å²) in [6, 6.07) is -0.287. The summed E-state index contributed by atoms with van der Waals surface area (Å²) < 4.78 is 0. The van der Waals surface area contributed by atoms with Crippen LogP contribution in [0.2, 0.25) is 0 Å². The Hall–Kier alpha value is -0.550. The van der Waals surface area contributed by atoms with Crippen LogP contribution in [0.15, 0.2) is 0 Å². The van der Waals surface area contributed by atoms with Crippen LogP contribution in [0.1, 0.15) is 13.3 Å². The van der Waals surface area contributed by atoms with Gasteiger partial charge in [0.1, 0.15) is 0 Å². The van der Waals surface area contributed by atoms with Crippen LogP contribution in [0, 0.1) is 0 Å². The fourth-order valence-corrected chi connectivity index (χ4v) is 1.92.